The van der Waals surface area contributed by atoms with Gasteiger partial charge in [-0.3, -0.25) is 8.99 Å². The van der Waals surface area contributed by atoms with Crippen molar-refractivity contribution < 1.29 is 4.21 Å². The van der Waals surface area contributed by atoms with Crippen molar-refractivity contribution in [2.45, 2.75) is 25.7 Å². The van der Waals surface area contributed by atoms with E-state index >= 15 is 0 Å². The molecule has 1 N–H and O–H groups in total. The summed E-state index contributed by atoms with van der Waals surface area (Å²) < 4.78 is 18.2. The molecule has 0 aromatic heterocycles. The van der Waals surface area contributed by atoms with Crippen LogP contribution in [0.15, 0.2) is 0 Å². The maximum Gasteiger partial charge on any atom is 0.0415 e. The van der Waals surface area contributed by atoms with Crippen molar-refractivity contribution in [2.24, 2.45) is 5.92 Å². The largest absolute Gasteiger partial charge is 0.253 e. The fourth-order valence-corrected chi connectivity index (χ4v) is 2.86. The fourth-order valence-electron chi connectivity index (χ4n) is 1.63. The SMILES string of the molecule is CS(=N)(=O)CC1CCCC1. The minimum Gasteiger partial charge on any atom is -0.253 e. The number of nitrogens with one attached hydrogen (secondary N) is 1. The summed E-state index contributed by atoms with van der Waals surface area (Å²) in [5.74, 6) is 1.22. The second-order valence-electron chi connectivity index (χ2n) is 3.32. The van der Waals surface area contributed by atoms with Gasteiger partial charge < -0.3 is 0 Å². The van der Waals surface area contributed by atoms with E-state index in [-0.39, 0.29) is 0 Å². The van der Waals surface area contributed by atoms with Gasteiger partial charge in [0.1, 0.15) is 0 Å². The highest BCUT2D eigenvalue weighted by Crippen LogP contribution is 2.25. The summed E-state index contributed by atoms with van der Waals surface area (Å²) >= 11 is 0. The van der Waals surface area contributed by atoms with Gasteiger partial charge in [0, 0.05) is 21.7 Å². The predicted octanol–water partition coefficient (Wildman–Crippen LogP) is 1.85. The summed E-state index contributed by atoms with van der Waals surface area (Å²) in [7, 11) is -2.21. The van der Waals surface area contributed by atoms with Gasteiger partial charge >= 0.3 is 0 Å². The zero-order chi connectivity index (χ0) is 7.61. The summed E-state index contributed by atoms with van der Waals surface area (Å²) in [5.41, 5.74) is 0. The molecule has 1 aliphatic rings. The summed E-state index contributed by atoms with van der Waals surface area (Å²) in [4.78, 5) is 0. The molecule has 2 nitrogen and oxygen atoms in total. The molecular weight excluding hydrogens is 146 g/mol. The molecule has 1 fully saturated rings. The van der Waals surface area contributed by atoms with Gasteiger partial charge in [0.25, 0.3) is 0 Å². The van der Waals surface area contributed by atoms with Gasteiger partial charge in [0.2, 0.25) is 0 Å². The van der Waals surface area contributed by atoms with Crippen molar-refractivity contribution in [3.63, 3.8) is 0 Å². The first kappa shape index (κ1) is 8.05. The quantitative estimate of drug-likeness (QED) is 0.659. The third kappa shape index (κ3) is 2.69. The lowest BCUT2D eigenvalue weighted by Crippen LogP contribution is -2.09. The molecule has 1 unspecified atom stereocenters. The normalized spacial score (nSPS) is 26.5. The van der Waals surface area contributed by atoms with E-state index in [9.17, 15) is 4.21 Å². The Bertz CT molecular complexity index is 190. The molecule has 0 radical (unpaired) electrons. The summed E-state index contributed by atoms with van der Waals surface area (Å²) in [6.07, 6.45) is 6.50. The van der Waals surface area contributed by atoms with Gasteiger partial charge in [-0.2, -0.15) is 0 Å². The molecule has 0 aromatic carbocycles. The number of rotatable bonds is 2. The molecule has 1 aliphatic carbocycles. The van der Waals surface area contributed by atoms with Crippen LogP contribution in [-0.4, -0.2) is 16.2 Å². The first-order valence-corrected chi connectivity index (χ1v) is 5.93. The third-order valence-electron chi connectivity index (χ3n) is 2.03. The summed E-state index contributed by atoms with van der Waals surface area (Å²) in [5, 5.41) is 0. The highest BCUT2D eigenvalue weighted by atomic mass is 32.2. The van der Waals surface area contributed by atoms with Gasteiger partial charge in [-0.15, -0.1) is 0 Å². The Labute approximate surface area is 63.0 Å². The van der Waals surface area contributed by atoms with Crippen LogP contribution in [0.5, 0.6) is 0 Å². The zero-order valence-corrected chi connectivity index (χ0v) is 7.25. The van der Waals surface area contributed by atoms with Crippen LogP contribution in [0.25, 0.3) is 0 Å². The smallest absolute Gasteiger partial charge is 0.0415 e. The summed E-state index contributed by atoms with van der Waals surface area (Å²) in [6.45, 7) is 0. The van der Waals surface area contributed by atoms with Crippen LogP contribution >= 0.6 is 0 Å². The molecule has 60 valence electrons. The van der Waals surface area contributed by atoms with Crippen LogP contribution in [0.4, 0.5) is 0 Å². The van der Waals surface area contributed by atoms with Crippen molar-refractivity contribution in [3.8, 4) is 0 Å². The highest BCUT2D eigenvalue weighted by Gasteiger charge is 2.17. The highest BCUT2D eigenvalue weighted by molar-refractivity contribution is 7.91. The van der Waals surface area contributed by atoms with Crippen molar-refractivity contribution in [3.05, 3.63) is 0 Å². The van der Waals surface area contributed by atoms with E-state index in [0.717, 1.165) is 0 Å². The Morgan fingerprint density at radius 3 is 2.40 bits per heavy atom. The standard InChI is InChI=1S/C7H15NOS/c1-10(8,9)6-7-4-2-3-5-7/h7-8H,2-6H2,1H3. The monoisotopic (exact) mass is 161 g/mol. The molecule has 0 bridgehead atoms. The van der Waals surface area contributed by atoms with E-state index in [2.05, 4.69) is 0 Å². The van der Waals surface area contributed by atoms with Gasteiger partial charge in [0.05, 0.1) is 0 Å². The average Bonchev–Trinajstić information content (AvgIpc) is 2.12. The molecule has 10 heavy (non-hydrogen) atoms. The first-order valence-electron chi connectivity index (χ1n) is 3.79. The van der Waals surface area contributed by atoms with Crippen molar-refractivity contribution in [1.29, 1.82) is 4.78 Å². The second-order valence-corrected chi connectivity index (χ2v) is 5.67. The average molecular weight is 161 g/mol. The first-order chi connectivity index (χ1) is 4.58. The second kappa shape index (κ2) is 2.91. The van der Waals surface area contributed by atoms with E-state index in [1.54, 1.807) is 6.26 Å². The van der Waals surface area contributed by atoms with Crippen LogP contribution in [0.1, 0.15) is 25.7 Å². The van der Waals surface area contributed by atoms with Gasteiger partial charge in [-0.1, -0.05) is 12.8 Å². The topological polar surface area (TPSA) is 40.9 Å². The maximum atomic E-state index is 11.0. The van der Waals surface area contributed by atoms with E-state index in [1.807, 2.05) is 0 Å². The van der Waals surface area contributed by atoms with Gasteiger partial charge in [0.15, 0.2) is 0 Å². The molecular formula is C7H15NOS. The molecule has 0 spiro atoms. The molecule has 0 amide bonds. The molecule has 1 atom stereocenters. The number of hydrogen-bond donors (Lipinski definition) is 1. The Morgan fingerprint density at radius 1 is 1.50 bits per heavy atom. The van der Waals surface area contributed by atoms with Crippen molar-refractivity contribution in [1.82, 2.24) is 0 Å². The maximum absolute atomic E-state index is 11.0. The lowest BCUT2D eigenvalue weighted by atomic mass is 10.1. The zero-order valence-electron chi connectivity index (χ0n) is 6.43. The minimum absolute atomic E-state index is 0.593. The van der Waals surface area contributed by atoms with Crippen LogP contribution < -0.4 is 0 Å². The Kier molecular flexibility index (Phi) is 2.34. The molecule has 1 saturated carbocycles. The van der Waals surface area contributed by atoms with Crippen LogP contribution in [0, 0.1) is 10.7 Å². The van der Waals surface area contributed by atoms with Gasteiger partial charge in [-0.05, 0) is 18.8 Å². The van der Waals surface area contributed by atoms with Crippen molar-refractivity contribution in [2.75, 3.05) is 12.0 Å². The molecule has 0 aromatic rings. The minimum atomic E-state index is -2.21. The number of hydrogen-bond acceptors (Lipinski definition) is 2. The third-order valence-corrected chi connectivity index (χ3v) is 3.14. The molecule has 0 saturated heterocycles. The fraction of sp³-hybridized carbons (Fsp3) is 1.00. The van der Waals surface area contributed by atoms with Gasteiger partial charge in [-0.25, -0.2) is 0 Å². The predicted molar refractivity (Wildman–Crippen MR) is 43.6 cm³/mol. The lowest BCUT2D eigenvalue weighted by Gasteiger charge is -2.07. The van der Waals surface area contributed by atoms with E-state index in [0.29, 0.717) is 11.7 Å². The van der Waals surface area contributed by atoms with E-state index in [1.165, 1.54) is 25.7 Å². The lowest BCUT2D eigenvalue weighted by molar-refractivity contribution is 0.602. The van der Waals surface area contributed by atoms with E-state index < -0.39 is 9.73 Å². The van der Waals surface area contributed by atoms with Crippen LogP contribution in [-0.2, 0) is 9.73 Å². The Hall–Kier alpha value is -0.0500. The van der Waals surface area contributed by atoms with Crippen LogP contribution in [0.2, 0.25) is 0 Å². The molecule has 0 heterocycles. The molecule has 3 heteroatoms. The molecule has 0 aliphatic heterocycles. The molecule has 1 rings (SSSR count). The van der Waals surface area contributed by atoms with Crippen LogP contribution in [0.3, 0.4) is 0 Å². The summed E-state index contributed by atoms with van der Waals surface area (Å²) in [6, 6.07) is 0. The van der Waals surface area contributed by atoms with E-state index in [4.69, 9.17) is 4.78 Å². The Balaban J connectivity index is 2.38. The van der Waals surface area contributed by atoms with Crippen molar-refractivity contribution >= 4 is 9.73 Å². The Morgan fingerprint density at radius 2 is 2.00 bits per heavy atom.